The van der Waals surface area contributed by atoms with Crippen LogP contribution in [0.15, 0.2) is 0 Å². The van der Waals surface area contributed by atoms with Crippen molar-refractivity contribution in [1.29, 1.82) is 0 Å². The molecule has 0 amide bonds. The third kappa shape index (κ3) is 3.15. The lowest BCUT2D eigenvalue weighted by atomic mass is 9.96. The molecule has 1 aromatic rings. The van der Waals surface area contributed by atoms with Crippen molar-refractivity contribution in [2.75, 3.05) is 12.4 Å². The van der Waals surface area contributed by atoms with Crippen molar-refractivity contribution in [1.82, 2.24) is 9.97 Å². The molecule has 4 heteroatoms. The molecular weight excluding hydrogens is 205 g/mol. The molecule has 0 unspecified atom stereocenters. The van der Waals surface area contributed by atoms with E-state index in [1.54, 1.807) is 7.05 Å². The summed E-state index contributed by atoms with van der Waals surface area (Å²) in [6, 6.07) is 0. The molecule has 0 fully saturated rings. The number of hydrogen-bond donors (Lipinski definition) is 1. The first-order chi connectivity index (χ1) is 7.72. The number of fused-ring (bicyclic) bond motifs is 1. The van der Waals surface area contributed by atoms with Crippen LogP contribution >= 0.6 is 0 Å². The summed E-state index contributed by atoms with van der Waals surface area (Å²) < 4.78 is 12.9. The van der Waals surface area contributed by atoms with Crippen LogP contribution in [0.5, 0.6) is 0 Å². The van der Waals surface area contributed by atoms with Crippen molar-refractivity contribution in [3.63, 3.8) is 0 Å². The van der Waals surface area contributed by atoms with Crippen LogP contribution in [-0.4, -0.2) is 17.0 Å². The van der Waals surface area contributed by atoms with E-state index in [1.165, 1.54) is 6.42 Å². The van der Waals surface area contributed by atoms with Gasteiger partial charge in [0.1, 0.15) is 5.82 Å². The van der Waals surface area contributed by atoms with Gasteiger partial charge in [0.2, 0.25) is 0 Å². The first-order valence-electron chi connectivity index (χ1n) is 5.95. The Morgan fingerprint density at radius 3 is 2.44 bits per heavy atom. The molecule has 2 rings (SSSR count). The van der Waals surface area contributed by atoms with E-state index >= 15 is 0 Å². The Morgan fingerprint density at radius 2 is 1.81 bits per heavy atom. The molecule has 1 heterocycles. The van der Waals surface area contributed by atoms with Crippen LogP contribution in [-0.2, 0) is 12.8 Å². The second-order valence-corrected chi connectivity index (χ2v) is 3.93. The molecule has 1 aliphatic carbocycles. The minimum absolute atomic E-state index is 0.620. The van der Waals surface area contributed by atoms with Crippen LogP contribution in [0.25, 0.3) is 0 Å². The Hall–Kier alpha value is -1.19. The molecule has 0 atom stereocenters. The zero-order valence-corrected chi connectivity index (χ0v) is 10.3. The Morgan fingerprint density at radius 1 is 1.19 bits per heavy atom. The van der Waals surface area contributed by atoms with Gasteiger partial charge in [-0.3, -0.25) is 0 Å². The van der Waals surface area contributed by atoms with Gasteiger partial charge in [-0.05, 0) is 25.7 Å². The molecule has 0 bridgehead atoms. The normalized spacial score (nSPS) is 13.5. The fourth-order valence-corrected chi connectivity index (χ4v) is 1.77. The highest BCUT2D eigenvalue weighted by Crippen LogP contribution is 2.24. The van der Waals surface area contributed by atoms with E-state index in [1.807, 2.05) is 0 Å². The fraction of sp³-hybridized carbons (Fsp3) is 0.667. The summed E-state index contributed by atoms with van der Waals surface area (Å²) in [7, 11) is 1.76. The van der Waals surface area contributed by atoms with Crippen LogP contribution < -0.4 is 5.32 Å². The molecule has 0 saturated carbocycles. The van der Waals surface area contributed by atoms with E-state index in [9.17, 15) is 4.39 Å². The number of aromatic nitrogens is 2. The predicted molar refractivity (Wildman–Crippen MR) is 64.1 cm³/mol. The largest absolute Gasteiger partial charge is 0.373 e. The standard InChI is InChI=1S/C9H12FN3.C3H8/c1-11-8-6-4-2-3-5-7(6)12-9(10)13-8;1-3-2/h2-5H2,1H3,(H,11,12,13);3H2,1-2H3. The Kier molecular flexibility index (Phi) is 5.15. The SMILES string of the molecule is CCC.CNc1nc(F)nc2c1CCCC2. The number of halogens is 1. The van der Waals surface area contributed by atoms with Crippen molar-refractivity contribution < 1.29 is 4.39 Å². The van der Waals surface area contributed by atoms with Gasteiger partial charge in [0.15, 0.2) is 0 Å². The highest BCUT2D eigenvalue weighted by atomic mass is 19.1. The van der Waals surface area contributed by atoms with Crippen molar-refractivity contribution in [3.8, 4) is 0 Å². The predicted octanol–water partition coefficient (Wildman–Crippen LogP) is 2.95. The minimum atomic E-state index is -0.620. The average molecular weight is 225 g/mol. The smallest absolute Gasteiger partial charge is 0.310 e. The highest BCUT2D eigenvalue weighted by molar-refractivity contribution is 5.46. The molecule has 1 N–H and O–H groups in total. The van der Waals surface area contributed by atoms with Crippen molar-refractivity contribution in [2.24, 2.45) is 0 Å². The summed E-state index contributed by atoms with van der Waals surface area (Å²) >= 11 is 0. The maximum Gasteiger partial charge on any atom is 0.310 e. The molecule has 0 spiro atoms. The van der Waals surface area contributed by atoms with Crippen LogP contribution in [0.1, 0.15) is 44.4 Å². The fourth-order valence-electron chi connectivity index (χ4n) is 1.77. The molecular formula is C12H20FN3. The van der Waals surface area contributed by atoms with Gasteiger partial charge in [-0.15, -0.1) is 0 Å². The number of hydrogen-bond acceptors (Lipinski definition) is 3. The second kappa shape index (κ2) is 6.40. The first kappa shape index (κ1) is 12.9. The van der Waals surface area contributed by atoms with Gasteiger partial charge in [-0.25, -0.2) is 4.98 Å². The van der Waals surface area contributed by atoms with Gasteiger partial charge in [0.25, 0.3) is 0 Å². The first-order valence-corrected chi connectivity index (χ1v) is 5.95. The van der Waals surface area contributed by atoms with E-state index in [2.05, 4.69) is 29.1 Å². The maximum absolute atomic E-state index is 12.9. The lowest BCUT2D eigenvalue weighted by molar-refractivity contribution is 0.521. The summed E-state index contributed by atoms with van der Waals surface area (Å²) in [4.78, 5) is 7.52. The summed E-state index contributed by atoms with van der Waals surface area (Å²) in [5, 5.41) is 2.90. The van der Waals surface area contributed by atoms with Gasteiger partial charge in [0.05, 0.1) is 5.69 Å². The third-order valence-electron chi connectivity index (χ3n) is 2.39. The summed E-state index contributed by atoms with van der Waals surface area (Å²) in [6.07, 6.45) is 4.73. The molecule has 0 aliphatic heterocycles. The molecule has 0 saturated heterocycles. The Labute approximate surface area is 96.5 Å². The van der Waals surface area contributed by atoms with Gasteiger partial charge >= 0.3 is 6.08 Å². The van der Waals surface area contributed by atoms with Crippen LogP contribution in [0.2, 0.25) is 0 Å². The molecule has 3 nitrogen and oxygen atoms in total. The molecule has 0 aromatic carbocycles. The van der Waals surface area contributed by atoms with Crippen molar-refractivity contribution >= 4 is 5.82 Å². The number of nitrogens with one attached hydrogen (secondary N) is 1. The Balaban J connectivity index is 0.000000386. The summed E-state index contributed by atoms with van der Waals surface area (Å²) in [5.74, 6) is 0.655. The number of rotatable bonds is 1. The van der Waals surface area contributed by atoms with E-state index in [-0.39, 0.29) is 0 Å². The quantitative estimate of drug-likeness (QED) is 0.747. The maximum atomic E-state index is 12.9. The number of anilines is 1. The number of nitrogens with zero attached hydrogens (tertiary/aromatic N) is 2. The van der Waals surface area contributed by atoms with E-state index in [0.717, 1.165) is 36.9 Å². The molecule has 1 aromatic heterocycles. The lowest BCUT2D eigenvalue weighted by Gasteiger charge is -2.16. The molecule has 1 aliphatic rings. The van der Waals surface area contributed by atoms with E-state index in [0.29, 0.717) is 5.82 Å². The third-order valence-corrected chi connectivity index (χ3v) is 2.39. The van der Waals surface area contributed by atoms with Gasteiger partial charge in [-0.2, -0.15) is 9.37 Å². The monoisotopic (exact) mass is 225 g/mol. The minimum Gasteiger partial charge on any atom is -0.373 e. The highest BCUT2D eigenvalue weighted by Gasteiger charge is 2.16. The summed E-state index contributed by atoms with van der Waals surface area (Å²) in [6.45, 7) is 4.25. The van der Waals surface area contributed by atoms with Crippen LogP contribution in [0.4, 0.5) is 10.2 Å². The average Bonchev–Trinajstić information content (AvgIpc) is 2.29. The molecule has 0 radical (unpaired) electrons. The number of aryl methyl sites for hydroxylation is 1. The topological polar surface area (TPSA) is 37.8 Å². The van der Waals surface area contributed by atoms with Crippen molar-refractivity contribution in [2.45, 2.75) is 46.0 Å². The molecule has 16 heavy (non-hydrogen) atoms. The lowest BCUT2D eigenvalue weighted by Crippen LogP contribution is -2.12. The zero-order chi connectivity index (χ0) is 12.0. The second-order valence-electron chi connectivity index (χ2n) is 3.93. The Bertz CT molecular complexity index is 322. The zero-order valence-electron chi connectivity index (χ0n) is 10.3. The van der Waals surface area contributed by atoms with Crippen LogP contribution in [0.3, 0.4) is 0 Å². The summed E-state index contributed by atoms with van der Waals surface area (Å²) in [5.41, 5.74) is 1.97. The van der Waals surface area contributed by atoms with E-state index in [4.69, 9.17) is 0 Å². The van der Waals surface area contributed by atoms with Gasteiger partial charge in [-0.1, -0.05) is 20.3 Å². The van der Waals surface area contributed by atoms with Crippen molar-refractivity contribution in [3.05, 3.63) is 17.3 Å². The van der Waals surface area contributed by atoms with E-state index < -0.39 is 6.08 Å². The van der Waals surface area contributed by atoms with Gasteiger partial charge < -0.3 is 5.32 Å². The van der Waals surface area contributed by atoms with Gasteiger partial charge in [0, 0.05) is 12.6 Å². The van der Waals surface area contributed by atoms with Crippen LogP contribution in [0, 0.1) is 6.08 Å². The molecule has 90 valence electrons.